The number of hydrogen-bond acceptors (Lipinski definition) is 24. The summed E-state index contributed by atoms with van der Waals surface area (Å²) >= 11 is 110. The standard InChI is InChI=1S/2C10H8N2.10C7H4Cl2O2.2La.2Ni/c2*1-3-7-11-9(5-1)10-6-2-4-8-12-10;10*8-5-1-4(7(10)11)2-6(9)3-5;;;;/h2*1-8H;10*1-3H,(H,10,11);;;;/q;;;;;;;;;;;;;+3;+2;+3/p-10. The van der Waals surface area contributed by atoms with Crippen molar-refractivity contribution in [1.82, 2.24) is 19.9 Å². The largest absolute Gasteiger partial charge is 3.00 e. The van der Waals surface area contributed by atoms with Crippen molar-refractivity contribution in [1.29, 1.82) is 0 Å². The van der Waals surface area contributed by atoms with Crippen LogP contribution in [0.4, 0.5) is 0 Å². The SMILES string of the molecule is O=C([O-])c1cc(Cl)cc(Cl)c1.O=C([O-])c1cc(Cl)cc(Cl)c1.O=C([O-])c1cc(Cl)cc(Cl)c1.O=C([O-])c1cc(Cl)cc(Cl)c1.O=C([O-])c1cc(Cl)cc(Cl)c1.O=C([O-])c1cc(Cl)cc(Cl)c1.O=C([O-])c1cc(Cl)cc(Cl)c1.O=C([O-])c1cc(Cl)cc(Cl)c1.O=C([O-])c1cc(Cl)cc(Cl)c1.O=C([O-])c1cc(Cl)cc(Cl)c1.[La+3].[La].[Ni+2].[Ni+3].c1ccc(-c2ccccn2)nc1.c1ccc(-c2ccccn2)nc1. The normalized spacial score (nSPS) is 9.36. The van der Waals surface area contributed by atoms with Crippen LogP contribution in [0.5, 0.6) is 0 Å². The molecule has 2 radical (unpaired) electrons. The molecule has 0 aliphatic rings. The van der Waals surface area contributed by atoms with Gasteiger partial charge in [0.05, 0.1) is 82.5 Å². The van der Waals surface area contributed by atoms with E-state index in [9.17, 15) is 99.0 Å². The first-order valence-corrected chi connectivity index (χ1v) is 42.8. The second kappa shape index (κ2) is 70.4. The van der Waals surface area contributed by atoms with E-state index in [4.69, 9.17) is 232 Å². The Kier molecular flexibility index (Phi) is 67.7. The zero-order valence-electron chi connectivity index (χ0n) is 67.9. The van der Waals surface area contributed by atoms with E-state index in [1.807, 2.05) is 72.8 Å². The maximum Gasteiger partial charge on any atom is 3.00 e. The molecule has 0 spiro atoms. The van der Waals surface area contributed by atoms with Gasteiger partial charge >= 0.3 is 68.6 Å². The van der Waals surface area contributed by atoms with Gasteiger partial charge in [-0.3, -0.25) is 19.9 Å². The van der Waals surface area contributed by atoms with Crippen molar-refractivity contribution in [2.75, 3.05) is 0 Å². The fraction of sp³-hybridized carbons (Fsp3) is 0. The molecule has 0 saturated carbocycles. The third-order valence-corrected chi connectivity index (χ3v) is 18.5. The minimum atomic E-state index is -1.28. The minimum Gasteiger partial charge on any atom is -0.545 e. The maximum absolute atomic E-state index is 10.3. The summed E-state index contributed by atoms with van der Waals surface area (Å²) in [6.45, 7) is 0. The number of nitrogens with zero attached hydrogens (tertiary/aromatic N) is 4. The number of rotatable bonds is 12. The van der Waals surface area contributed by atoms with Crippen molar-refractivity contribution in [2.24, 2.45) is 0 Å². The summed E-state index contributed by atoms with van der Waals surface area (Å²) in [6.07, 6.45) is 7.07. The van der Waals surface area contributed by atoms with Crippen molar-refractivity contribution in [3.05, 3.63) is 436 Å². The van der Waals surface area contributed by atoms with E-state index in [-0.39, 0.29) is 260 Å². The van der Waals surface area contributed by atoms with E-state index in [2.05, 4.69) is 19.9 Å². The van der Waals surface area contributed by atoms with Crippen LogP contribution < -0.4 is 51.1 Å². The second-order valence-electron chi connectivity index (χ2n) is 24.3. The van der Waals surface area contributed by atoms with Crippen molar-refractivity contribution < 1.29 is 203 Å². The third kappa shape index (κ3) is 56.5. The fourth-order valence-corrected chi connectivity index (χ4v) is 14.0. The summed E-state index contributed by atoms with van der Waals surface area (Å²) in [5.41, 5.74) is 3.54. The summed E-state index contributed by atoms with van der Waals surface area (Å²) < 4.78 is 0. The van der Waals surface area contributed by atoms with Crippen LogP contribution in [0.3, 0.4) is 0 Å². The Hall–Kier alpha value is -7.32. The average Bonchev–Trinajstić information content (AvgIpc) is 0.901. The molecule has 14 rings (SSSR count). The van der Waals surface area contributed by atoms with Gasteiger partial charge in [-0.05, 0) is 231 Å². The van der Waals surface area contributed by atoms with Gasteiger partial charge in [0, 0.05) is 216 Å². The van der Waals surface area contributed by atoms with Crippen molar-refractivity contribution in [2.45, 2.75) is 0 Å². The number of halogens is 20. The molecule has 48 heteroatoms. The first kappa shape index (κ1) is 133. The molecule has 0 aliphatic heterocycles. The van der Waals surface area contributed by atoms with E-state index < -0.39 is 59.7 Å². The molecule has 14 aromatic rings. The molecular formula is C90H46Cl20La2N4Ni2O20-2. The van der Waals surface area contributed by atoms with Crippen molar-refractivity contribution >= 4 is 292 Å². The van der Waals surface area contributed by atoms with Crippen LogP contribution in [0.1, 0.15) is 104 Å². The molecule has 4 heterocycles. The van der Waals surface area contributed by atoms with Crippen LogP contribution in [0, 0.1) is 71.2 Å². The van der Waals surface area contributed by atoms with Crippen LogP contribution >= 0.6 is 232 Å². The number of aromatic carboxylic acids is 10. The second-order valence-corrected chi connectivity index (χ2v) is 33.0. The number of benzene rings is 10. The van der Waals surface area contributed by atoms with Gasteiger partial charge in [-0.2, -0.15) is 0 Å². The first-order valence-electron chi connectivity index (χ1n) is 35.3. The van der Waals surface area contributed by atoms with Crippen LogP contribution in [0.25, 0.3) is 22.8 Å². The van der Waals surface area contributed by atoms with Gasteiger partial charge in [-0.15, -0.1) is 0 Å². The molecule has 0 aliphatic carbocycles. The Morgan fingerprint density at radius 1 is 0.167 bits per heavy atom. The number of carbonyl (C=O) groups is 10. The van der Waals surface area contributed by atoms with Gasteiger partial charge in [-0.25, -0.2) is 0 Å². The number of pyridine rings is 4. The Labute approximate surface area is 961 Å². The quantitative estimate of drug-likeness (QED) is 0.103. The van der Waals surface area contributed by atoms with Crippen LogP contribution in [0.2, 0.25) is 100 Å². The Morgan fingerprint density at radius 3 is 0.304 bits per heavy atom. The van der Waals surface area contributed by atoms with Crippen molar-refractivity contribution in [3.8, 4) is 22.8 Å². The zero-order valence-corrected chi connectivity index (χ0v) is 92.2. The topological polar surface area (TPSA) is 453 Å². The van der Waals surface area contributed by atoms with E-state index in [1.165, 1.54) is 182 Å². The molecule has 0 N–H and O–H groups in total. The molecular weight excluding hydrogens is 2560 g/mol. The number of carboxylic acid groups (broad SMARTS) is 10. The monoisotopic (exact) mass is 2600 g/mol. The molecule has 4 aromatic heterocycles. The van der Waals surface area contributed by atoms with Gasteiger partial charge in [0.15, 0.2) is 0 Å². The van der Waals surface area contributed by atoms with Crippen molar-refractivity contribution in [3.63, 3.8) is 0 Å². The molecule has 0 atom stereocenters. The van der Waals surface area contributed by atoms with Gasteiger partial charge in [0.2, 0.25) is 0 Å². The summed E-state index contributed by atoms with van der Waals surface area (Å²) in [6, 6.07) is 63.3. The zero-order chi connectivity index (χ0) is 101. The van der Waals surface area contributed by atoms with Crippen LogP contribution in [-0.4, -0.2) is 79.6 Å². The third-order valence-electron chi connectivity index (χ3n) is 14.2. The molecule has 714 valence electrons. The smallest absolute Gasteiger partial charge is 0.545 e. The van der Waals surface area contributed by atoms with E-state index in [0.29, 0.717) is 0 Å². The fourth-order valence-electron chi connectivity index (χ4n) is 8.77. The maximum atomic E-state index is 10.3. The molecule has 24 nitrogen and oxygen atoms in total. The van der Waals surface area contributed by atoms with Crippen LogP contribution in [-0.2, 0) is 33.0 Å². The van der Waals surface area contributed by atoms with Gasteiger partial charge in [0.25, 0.3) is 0 Å². The Bertz CT molecular complexity index is 5070. The molecule has 0 fully saturated rings. The summed E-state index contributed by atoms with van der Waals surface area (Å²) in [7, 11) is 0. The van der Waals surface area contributed by atoms with Gasteiger partial charge < -0.3 is 99.0 Å². The molecule has 0 saturated heterocycles. The summed E-state index contributed by atoms with van der Waals surface area (Å²) in [4.78, 5) is 120. The predicted octanol–water partition coefficient (Wildman–Crippen LogP) is 17.9. The number of hydrogen-bond donors (Lipinski definition) is 0. The van der Waals surface area contributed by atoms with Gasteiger partial charge in [0.1, 0.15) is 0 Å². The minimum absolute atomic E-state index is 0. The van der Waals surface area contributed by atoms with Gasteiger partial charge in [-0.1, -0.05) is 256 Å². The molecule has 138 heavy (non-hydrogen) atoms. The number of carboxylic acids is 10. The number of carbonyl (C=O) groups excluding carboxylic acids is 10. The van der Waals surface area contributed by atoms with E-state index in [1.54, 1.807) is 24.8 Å². The van der Waals surface area contributed by atoms with Crippen LogP contribution in [0.15, 0.2) is 280 Å². The summed E-state index contributed by atoms with van der Waals surface area (Å²) in [5, 5.41) is 109. The predicted molar refractivity (Wildman–Crippen MR) is 503 cm³/mol. The molecule has 0 unspecified atom stereocenters. The Balaban J connectivity index is 0. The van der Waals surface area contributed by atoms with E-state index >= 15 is 0 Å². The molecule has 10 aromatic carbocycles. The molecule has 0 bridgehead atoms. The first-order chi connectivity index (χ1) is 62.9. The molecule has 0 amide bonds. The average molecular weight is 2610 g/mol. The Morgan fingerprint density at radius 2 is 0.246 bits per heavy atom. The number of aromatic nitrogens is 4. The van der Waals surface area contributed by atoms with E-state index in [0.717, 1.165) is 22.8 Å². The summed E-state index contributed by atoms with van der Waals surface area (Å²) in [5.74, 6) is -12.8.